The summed E-state index contributed by atoms with van der Waals surface area (Å²) in [5, 5.41) is 18.6. The molecule has 0 saturated heterocycles. The number of nitrogens with two attached hydrogens (primary N) is 2. The zero-order valence-corrected chi connectivity index (χ0v) is 25.0. The number of unbranched alkanes of at least 4 members (excludes halogenated alkanes) is 7. The van der Waals surface area contributed by atoms with Gasteiger partial charge in [0.1, 0.15) is 0 Å². The quantitative estimate of drug-likeness (QED) is 0.0383. The number of hydrogen-bond donors (Lipinski definition) is 8. The van der Waals surface area contributed by atoms with Gasteiger partial charge in [-0.1, -0.05) is 73.7 Å². The molecule has 0 aliphatic rings. The summed E-state index contributed by atoms with van der Waals surface area (Å²) in [7, 11) is 0. The van der Waals surface area contributed by atoms with E-state index in [2.05, 4.69) is 64.4 Å². The molecule has 0 bridgehead atoms. The molecule has 0 aromatic carbocycles. The van der Waals surface area contributed by atoms with Gasteiger partial charge in [-0.05, 0) is 52.4 Å². The van der Waals surface area contributed by atoms with Crippen LogP contribution in [0.15, 0.2) is 22.3 Å². The van der Waals surface area contributed by atoms with Crippen molar-refractivity contribution in [2.45, 2.75) is 125 Å². The highest BCUT2D eigenvalue weighted by Gasteiger charge is 2.13. The van der Waals surface area contributed by atoms with Gasteiger partial charge in [0.25, 0.3) is 0 Å². The molecule has 0 amide bonds. The average Bonchev–Trinajstić information content (AvgIpc) is 2.77. The molecule has 0 aliphatic carbocycles. The van der Waals surface area contributed by atoms with Crippen molar-refractivity contribution >= 4 is 50.5 Å². The molecule has 0 rings (SSSR count). The third-order valence-electron chi connectivity index (χ3n) is 6.69. The van der Waals surface area contributed by atoms with Crippen LogP contribution in [0.3, 0.4) is 0 Å². The number of thiol groups is 4. The molecule has 0 radical (unpaired) electrons. The van der Waals surface area contributed by atoms with Crippen LogP contribution in [0.4, 0.5) is 0 Å². The van der Waals surface area contributed by atoms with Crippen LogP contribution in [0.2, 0.25) is 0 Å². The van der Waals surface area contributed by atoms with E-state index in [1.165, 1.54) is 60.8 Å². The van der Waals surface area contributed by atoms with Crippen molar-refractivity contribution < 1.29 is 10.2 Å². The molecule has 34 heavy (non-hydrogen) atoms. The van der Waals surface area contributed by atoms with E-state index < -0.39 is 0 Å². The maximum Gasteiger partial charge on any atom is 0.0479 e. The van der Waals surface area contributed by atoms with Crippen LogP contribution >= 0.6 is 50.5 Å². The maximum absolute atomic E-state index is 9.31. The first-order valence-corrected chi connectivity index (χ1v) is 15.0. The summed E-state index contributed by atoms with van der Waals surface area (Å²) in [5.41, 5.74) is 17.6. The maximum atomic E-state index is 9.31. The highest BCUT2D eigenvalue weighted by Crippen LogP contribution is 2.24. The summed E-state index contributed by atoms with van der Waals surface area (Å²) in [6.07, 6.45) is 14.6. The zero-order chi connectivity index (χ0) is 25.9. The summed E-state index contributed by atoms with van der Waals surface area (Å²) >= 11 is 17.5. The minimum absolute atomic E-state index is 0.0115. The summed E-state index contributed by atoms with van der Waals surface area (Å²) in [6.45, 7) is 4.47. The van der Waals surface area contributed by atoms with Gasteiger partial charge in [-0.2, -0.15) is 50.5 Å². The number of rotatable bonds is 21. The van der Waals surface area contributed by atoms with Crippen molar-refractivity contribution in [2.24, 2.45) is 11.5 Å². The second kappa shape index (κ2) is 21.8. The molecule has 202 valence electrons. The van der Waals surface area contributed by atoms with Crippen LogP contribution < -0.4 is 11.5 Å². The molecule has 2 unspecified atom stereocenters. The molecule has 0 fully saturated rings. The minimum atomic E-state index is -0.0115. The van der Waals surface area contributed by atoms with E-state index in [0.29, 0.717) is 12.8 Å². The van der Waals surface area contributed by atoms with Crippen molar-refractivity contribution in [2.75, 3.05) is 13.2 Å². The topological polar surface area (TPSA) is 92.5 Å². The summed E-state index contributed by atoms with van der Waals surface area (Å²) in [6, 6.07) is 0.126. The van der Waals surface area contributed by atoms with Gasteiger partial charge in [0, 0.05) is 34.5 Å². The largest absolute Gasteiger partial charge is 0.396 e. The molecular weight excluding hydrogens is 501 g/mol. The lowest BCUT2D eigenvalue weighted by molar-refractivity contribution is 0.297. The SMILES string of the molecule is CC(=C(CCO)CC(S)S)C(N)CCCCCCCCCCC(N)C(C)=C(CCO)CC(S)S. The van der Waals surface area contributed by atoms with E-state index >= 15 is 0 Å². The zero-order valence-electron chi connectivity index (χ0n) is 21.5. The number of aliphatic hydroxyl groups excluding tert-OH is 2. The molecule has 6 N–H and O–H groups in total. The molecular formula is C26H52N2O2S4. The van der Waals surface area contributed by atoms with E-state index in [4.69, 9.17) is 11.5 Å². The fourth-order valence-electron chi connectivity index (χ4n) is 4.38. The van der Waals surface area contributed by atoms with E-state index in [1.54, 1.807) is 0 Å². The van der Waals surface area contributed by atoms with E-state index in [1.807, 2.05) is 0 Å². The van der Waals surface area contributed by atoms with Crippen LogP contribution in [-0.4, -0.2) is 44.7 Å². The lowest BCUT2D eigenvalue weighted by Crippen LogP contribution is -2.23. The van der Waals surface area contributed by atoms with Gasteiger partial charge in [0.15, 0.2) is 0 Å². The van der Waals surface area contributed by atoms with Crippen LogP contribution in [0.25, 0.3) is 0 Å². The van der Waals surface area contributed by atoms with Gasteiger partial charge in [-0.3, -0.25) is 0 Å². The summed E-state index contributed by atoms with van der Waals surface area (Å²) in [4.78, 5) is 0. The van der Waals surface area contributed by atoms with Gasteiger partial charge >= 0.3 is 0 Å². The van der Waals surface area contributed by atoms with Gasteiger partial charge < -0.3 is 21.7 Å². The first kappa shape index (κ1) is 34.7. The van der Waals surface area contributed by atoms with E-state index in [0.717, 1.165) is 38.5 Å². The number of aliphatic hydroxyl groups is 2. The Balaban J connectivity index is 4.04. The van der Waals surface area contributed by atoms with E-state index in [9.17, 15) is 10.2 Å². The third kappa shape index (κ3) is 17.2. The fourth-order valence-corrected chi connectivity index (χ4v) is 5.26. The predicted octanol–water partition coefficient (Wildman–Crippen LogP) is 6.09. The van der Waals surface area contributed by atoms with Crippen molar-refractivity contribution in [3.63, 3.8) is 0 Å². The predicted molar refractivity (Wildman–Crippen MR) is 164 cm³/mol. The highest BCUT2D eigenvalue weighted by molar-refractivity contribution is 7.99. The third-order valence-corrected chi connectivity index (χ3v) is 7.42. The molecule has 0 saturated carbocycles. The smallest absolute Gasteiger partial charge is 0.0479 e. The van der Waals surface area contributed by atoms with Crippen molar-refractivity contribution in [3.05, 3.63) is 22.3 Å². The van der Waals surface area contributed by atoms with Crippen LogP contribution in [0.1, 0.15) is 104 Å². The van der Waals surface area contributed by atoms with E-state index in [-0.39, 0.29) is 34.5 Å². The molecule has 0 aromatic rings. The second-order valence-electron chi connectivity index (χ2n) is 9.51. The van der Waals surface area contributed by atoms with Crippen molar-refractivity contribution in [1.82, 2.24) is 0 Å². The first-order valence-electron chi connectivity index (χ1n) is 13.0. The van der Waals surface area contributed by atoms with Gasteiger partial charge in [0.05, 0.1) is 0 Å². The Labute approximate surface area is 231 Å². The Bertz CT molecular complexity index is 533. The highest BCUT2D eigenvalue weighted by atomic mass is 32.2. The standard InChI is InChI=1S/C26H52N2O2S4/c1-19(21(13-15-29)17-25(31)32)23(27)11-9-7-5-3-4-6-8-10-12-24(28)20(2)22(14-16-30)18-26(33)34/h23-26,29-34H,3-18,27-28H2,1-2H3. The molecule has 0 aliphatic heterocycles. The van der Waals surface area contributed by atoms with Crippen LogP contribution in [-0.2, 0) is 0 Å². The Kier molecular flexibility index (Phi) is 22.2. The normalized spacial score (nSPS) is 15.5. The summed E-state index contributed by atoms with van der Waals surface area (Å²) < 4.78 is -0.0231. The van der Waals surface area contributed by atoms with Crippen LogP contribution in [0.5, 0.6) is 0 Å². The van der Waals surface area contributed by atoms with Gasteiger partial charge in [-0.15, -0.1) is 0 Å². The van der Waals surface area contributed by atoms with Crippen molar-refractivity contribution in [1.29, 1.82) is 0 Å². The van der Waals surface area contributed by atoms with Gasteiger partial charge in [0.2, 0.25) is 0 Å². The Morgan fingerprint density at radius 1 is 0.588 bits per heavy atom. The molecule has 2 atom stereocenters. The Hall–Kier alpha value is 0.720. The Morgan fingerprint density at radius 2 is 0.882 bits per heavy atom. The van der Waals surface area contributed by atoms with Crippen LogP contribution in [0, 0.1) is 0 Å². The molecule has 4 nitrogen and oxygen atoms in total. The lowest BCUT2D eigenvalue weighted by atomic mass is 9.94. The van der Waals surface area contributed by atoms with Gasteiger partial charge in [-0.25, -0.2) is 0 Å². The second-order valence-corrected chi connectivity index (χ2v) is 12.8. The molecule has 0 aromatic heterocycles. The first-order chi connectivity index (χ1) is 16.1. The fraction of sp³-hybridized carbons (Fsp3) is 0.846. The molecule has 8 heteroatoms. The molecule has 0 heterocycles. The monoisotopic (exact) mass is 552 g/mol. The van der Waals surface area contributed by atoms with Crippen molar-refractivity contribution in [3.8, 4) is 0 Å². The minimum Gasteiger partial charge on any atom is -0.396 e. The number of hydrogen-bond acceptors (Lipinski definition) is 8. The lowest BCUT2D eigenvalue weighted by Gasteiger charge is -2.19. The Morgan fingerprint density at radius 3 is 1.15 bits per heavy atom. The summed E-state index contributed by atoms with van der Waals surface area (Å²) in [5.74, 6) is 0. The molecule has 0 spiro atoms. The average molecular weight is 553 g/mol.